The first-order chi connectivity index (χ1) is 16.2. The van der Waals surface area contributed by atoms with Crippen molar-refractivity contribution in [3.63, 3.8) is 0 Å². The van der Waals surface area contributed by atoms with Crippen molar-refractivity contribution in [1.29, 1.82) is 0 Å². The summed E-state index contributed by atoms with van der Waals surface area (Å²) < 4.78 is 3.69. The number of hydrogen-bond donors (Lipinski definition) is 0. The van der Waals surface area contributed by atoms with Crippen molar-refractivity contribution in [2.24, 2.45) is 5.41 Å². The highest BCUT2D eigenvalue weighted by molar-refractivity contribution is 9.10. The van der Waals surface area contributed by atoms with Crippen molar-refractivity contribution in [2.45, 2.75) is 96.9 Å². The lowest BCUT2D eigenvalue weighted by atomic mass is 9.59. The van der Waals surface area contributed by atoms with E-state index in [1.807, 2.05) is 0 Å². The maximum absolute atomic E-state index is 4.43. The van der Waals surface area contributed by atoms with Crippen LogP contribution >= 0.6 is 15.9 Å². The minimum absolute atomic E-state index is 0.0507. The van der Waals surface area contributed by atoms with Crippen LogP contribution in [0.2, 0.25) is 0 Å². The largest absolute Gasteiger partial charge is 0.221 e. The van der Waals surface area contributed by atoms with Gasteiger partial charge in [-0.05, 0) is 82.0 Å². The first-order valence-corrected chi connectivity index (χ1v) is 14.0. The molecule has 0 bridgehead atoms. The fraction of sp³-hybridized carbons (Fsp3) is 0.485. The van der Waals surface area contributed by atoms with Crippen molar-refractivity contribution < 1.29 is 4.57 Å². The van der Waals surface area contributed by atoms with Gasteiger partial charge in [0.15, 0.2) is 11.7 Å². The third-order valence-electron chi connectivity index (χ3n) is 11.4. The van der Waals surface area contributed by atoms with Crippen LogP contribution in [0.3, 0.4) is 0 Å². The lowest BCUT2D eigenvalue weighted by Gasteiger charge is -2.46. The SMILES string of the molecule is C=CC1(CC)[n+]2ccc3cc4c(cc3c2-c2cc(Br)ccc2C1(C)CC)C(C)(C)C(C)(C)C4(C)C. The molecule has 1 nitrogen and oxygen atoms in total. The molecule has 2 aliphatic rings. The Hall–Kier alpha value is -1.93. The zero-order chi connectivity index (χ0) is 25.8. The smallest absolute Gasteiger partial charge is 0.188 e. The standard InChI is InChI=1S/C33H41BrN/c1-11-32(10)25-15-14-22(34)19-24(25)28-23-20-27-26(29(4,5)31(8,9)30(27,6)7)18-21(23)16-17-35(28)33(32,12-2)13-3/h12,14-20H,2,11,13H2,1,3-10H3/q+1. The summed E-state index contributed by atoms with van der Waals surface area (Å²) in [6.45, 7) is 26.1. The molecule has 0 amide bonds. The number of halogens is 1. The van der Waals surface area contributed by atoms with E-state index in [-0.39, 0.29) is 27.2 Å². The van der Waals surface area contributed by atoms with E-state index in [0.29, 0.717) is 0 Å². The van der Waals surface area contributed by atoms with Crippen molar-refractivity contribution in [1.82, 2.24) is 0 Å². The second-order valence-electron chi connectivity index (χ2n) is 12.8. The van der Waals surface area contributed by atoms with Crippen LogP contribution in [0.15, 0.2) is 59.7 Å². The zero-order valence-corrected chi connectivity index (χ0v) is 24.7. The Morgan fingerprint density at radius 1 is 0.829 bits per heavy atom. The first-order valence-electron chi connectivity index (χ1n) is 13.2. The monoisotopic (exact) mass is 530 g/mol. The Balaban J connectivity index is 1.98. The normalized spacial score (nSPS) is 27.3. The quantitative estimate of drug-likeness (QED) is 0.234. The van der Waals surface area contributed by atoms with Crippen LogP contribution in [0.1, 0.15) is 91.8 Å². The second-order valence-corrected chi connectivity index (χ2v) is 13.7. The molecular formula is C33H41BrN+. The molecule has 1 aromatic heterocycles. The fourth-order valence-corrected chi connectivity index (χ4v) is 7.99. The van der Waals surface area contributed by atoms with E-state index in [2.05, 4.69) is 138 Å². The molecule has 0 saturated heterocycles. The van der Waals surface area contributed by atoms with Gasteiger partial charge in [-0.1, -0.05) is 84.0 Å². The minimum Gasteiger partial charge on any atom is -0.188 e. The molecule has 2 unspecified atom stereocenters. The zero-order valence-electron chi connectivity index (χ0n) is 23.1. The lowest BCUT2D eigenvalue weighted by Crippen LogP contribution is -2.68. The van der Waals surface area contributed by atoms with Crippen LogP contribution < -0.4 is 4.57 Å². The molecule has 5 rings (SSSR count). The highest BCUT2D eigenvalue weighted by Crippen LogP contribution is 2.62. The molecule has 0 radical (unpaired) electrons. The molecule has 2 heterocycles. The van der Waals surface area contributed by atoms with Gasteiger partial charge in [-0.15, -0.1) is 0 Å². The molecule has 3 aromatic rings. The highest BCUT2D eigenvalue weighted by Gasteiger charge is 2.59. The molecule has 2 atom stereocenters. The molecule has 1 aliphatic heterocycles. The lowest BCUT2D eigenvalue weighted by molar-refractivity contribution is -0.755. The minimum atomic E-state index is -0.195. The van der Waals surface area contributed by atoms with Gasteiger partial charge in [0.25, 0.3) is 0 Å². The van der Waals surface area contributed by atoms with Crippen LogP contribution in [0.25, 0.3) is 22.0 Å². The van der Waals surface area contributed by atoms with E-state index in [1.165, 1.54) is 38.7 Å². The first kappa shape index (κ1) is 24.8. The summed E-state index contributed by atoms with van der Waals surface area (Å²) in [5.74, 6) is 0. The summed E-state index contributed by atoms with van der Waals surface area (Å²) in [5.41, 5.74) is 7.15. The molecule has 0 saturated carbocycles. The maximum atomic E-state index is 4.43. The van der Waals surface area contributed by atoms with Crippen LogP contribution in [0, 0.1) is 5.41 Å². The van der Waals surface area contributed by atoms with Gasteiger partial charge in [-0.2, -0.15) is 4.57 Å². The third kappa shape index (κ3) is 2.68. The highest BCUT2D eigenvalue weighted by atomic mass is 79.9. The second kappa shape index (κ2) is 7.31. The van der Waals surface area contributed by atoms with E-state index in [0.717, 1.165) is 17.3 Å². The number of benzene rings is 2. The van der Waals surface area contributed by atoms with E-state index in [1.54, 1.807) is 0 Å². The van der Waals surface area contributed by atoms with Crippen LogP contribution in [-0.4, -0.2) is 0 Å². The Labute approximate surface area is 220 Å². The van der Waals surface area contributed by atoms with Gasteiger partial charge >= 0.3 is 0 Å². The molecule has 0 spiro atoms. The van der Waals surface area contributed by atoms with Gasteiger partial charge in [0.1, 0.15) is 0 Å². The maximum Gasteiger partial charge on any atom is 0.221 e. The Morgan fingerprint density at radius 2 is 1.46 bits per heavy atom. The van der Waals surface area contributed by atoms with E-state index in [4.69, 9.17) is 0 Å². The third-order valence-corrected chi connectivity index (χ3v) is 11.9. The Morgan fingerprint density at radius 3 is 2.03 bits per heavy atom. The van der Waals surface area contributed by atoms with Crippen LogP contribution in [0.4, 0.5) is 0 Å². The van der Waals surface area contributed by atoms with E-state index < -0.39 is 0 Å². The molecule has 1 aliphatic carbocycles. The van der Waals surface area contributed by atoms with Crippen molar-refractivity contribution in [2.75, 3.05) is 0 Å². The predicted octanol–water partition coefficient (Wildman–Crippen LogP) is 9.12. The van der Waals surface area contributed by atoms with Gasteiger partial charge in [0.2, 0.25) is 5.69 Å². The van der Waals surface area contributed by atoms with Gasteiger partial charge in [0.05, 0.1) is 16.4 Å². The van der Waals surface area contributed by atoms with Gasteiger partial charge in [-0.25, -0.2) is 0 Å². The number of allylic oxidation sites excluding steroid dienone is 1. The molecule has 0 N–H and O–H groups in total. The van der Waals surface area contributed by atoms with Crippen molar-refractivity contribution in [3.8, 4) is 11.3 Å². The number of fused-ring (bicyclic) bond motifs is 6. The molecule has 184 valence electrons. The topological polar surface area (TPSA) is 3.88 Å². The number of aromatic nitrogens is 1. The van der Waals surface area contributed by atoms with Gasteiger partial charge in [-0.3, -0.25) is 0 Å². The predicted molar refractivity (Wildman–Crippen MR) is 153 cm³/mol. The molecule has 35 heavy (non-hydrogen) atoms. The summed E-state index contributed by atoms with van der Waals surface area (Å²) in [5, 5.41) is 2.68. The number of rotatable bonds is 3. The molecular weight excluding hydrogens is 490 g/mol. The molecule has 2 aromatic carbocycles. The van der Waals surface area contributed by atoms with Crippen molar-refractivity contribution >= 4 is 26.7 Å². The molecule has 2 heteroatoms. The fourth-order valence-electron chi connectivity index (χ4n) is 7.63. The summed E-state index contributed by atoms with van der Waals surface area (Å²) in [7, 11) is 0. The van der Waals surface area contributed by atoms with Crippen LogP contribution in [0.5, 0.6) is 0 Å². The summed E-state index contributed by atoms with van der Waals surface area (Å²) in [6.07, 6.45) is 6.60. The Bertz CT molecular complexity index is 1390. The molecule has 0 fully saturated rings. The Kier molecular flexibility index (Phi) is 5.17. The van der Waals surface area contributed by atoms with Crippen LogP contribution in [-0.2, 0) is 21.8 Å². The van der Waals surface area contributed by atoms with E-state index >= 15 is 0 Å². The summed E-state index contributed by atoms with van der Waals surface area (Å²) in [4.78, 5) is 0. The number of pyridine rings is 1. The summed E-state index contributed by atoms with van der Waals surface area (Å²) in [6, 6.07) is 14.3. The number of nitrogens with zero attached hydrogens (tertiary/aromatic N) is 1. The van der Waals surface area contributed by atoms with Crippen molar-refractivity contribution in [3.05, 3.63) is 76.4 Å². The average Bonchev–Trinajstić information content (AvgIpc) is 2.92. The van der Waals surface area contributed by atoms with Gasteiger partial charge in [0, 0.05) is 17.0 Å². The average molecular weight is 532 g/mol. The summed E-state index contributed by atoms with van der Waals surface area (Å²) >= 11 is 3.80. The number of hydrogen-bond acceptors (Lipinski definition) is 0. The van der Waals surface area contributed by atoms with E-state index in [9.17, 15) is 0 Å². The van der Waals surface area contributed by atoms with Gasteiger partial charge < -0.3 is 0 Å².